The minimum atomic E-state index is -0.907. The third-order valence-electron chi connectivity index (χ3n) is 3.99. The Morgan fingerprint density at radius 1 is 0.889 bits per heavy atom. The van der Waals surface area contributed by atoms with Crippen LogP contribution in [-0.4, -0.2) is 23.9 Å². The van der Waals surface area contributed by atoms with Gasteiger partial charge >= 0.3 is 5.97 Å². The SMILES string of the molecule is CC(=O)Nc1ccc(NC(=O)[C@@H](C)OC(=O)C[C@H](C)c2ccccc2)cc1. The molecule has 27 heavy (non-hydrogen) atoms. The van der Waals surface area contributed by atoms with E-state index < -0.39 is 18.0 Å². The van der Waals surface area contributed by atoms with Crippen molar-refractivity contribution in [1.29, 1.82) is 0 Å². The molecule has 0 saturated carbocycles. The lowest BCUT2D eigenvalue weighted by Crippen LogP contribution is -2.30. The molecule has 0 heterocycles. The molecule has 142 valence electrons. The van der Waals surface area contributed by atoms with Gasteiger partial charge in [0.15, 0.2) is 6.10 Å². The molecule has 0 aliphatic rings. The summed E-state index contributed by atoms with van der Waals surface area (Å²) in [5.41, 5.74) is 2.23. The highest BCUT2D eigenvalue weighted by atomic mass is 16.5. The molecule has 6 nitrogen and oxygen atoms in total. The summed E-state index contributed by atoms with van der Waals surface area (Å²) in [5, 5.41) is 5.33. The van der Waals surface area contributed by atoms with E-state index in [0.717, 1.165) is 5.56 Å². The Bertz CT molecular complexity index is 788. The topological polar surface area (TPSA) is 84.5 Å². The van der Waals surface area contributed by atoms with Crippen LogP contribution in [0.2, 0.25) is 0 Å². The number of carbonyl (C=O) groups is 3. The molecule has 0 bridgehead atoms. The number of esters is 1. The molecule has 6 heteroatoms. The Morgan fingerprint density at radius 2 is 1.44 bits per heavy atom. The van der Waals surface area contributed by atoms with E-state index in [1.54, 1.807) is 24.3 Å². The van der Waals surface area contributed by atoms with Crippen LogP contribution in [0.15, 0.2) is 54.6 Å². The fourth-order valence-electron chi connectivity index (χ4n) is 2.53. The predicted molar refractivity (Wildman–Crippen MR) is 104 cm³/mol. The van der Waals surface area contributed by atoms with E-state index in [2.05, 4.69) is 10.6 Å². The standard InChI is InChI=1S/C21H24N2O4/c1-14(17-7-5-4-6-8-17)13-20(25)27-15(2)21(26)23-19-11-9-18(10-12-19)22-16(3)24/h4-12,14-15H,13H2,1-3H3,(H,22,24)(H,23,26)/t14-,15+/m0/s1. The summed E-state index contributed by atoms with van der Waals surface area (Å²) < 4.78 is 5.24. The van der Waals surface area contributed by atoms with E-state index in [-0.39, 0.29) is 18.2 Å². The summed E-state index contributed by atoms with van der Waals surface area (Å²) in [6, 6.07) is 16.4. The van der Waals surface area contributed by atoms with Crippen molar-refractivity contribution in [1.82, 2.24) is 0 Å². The largest absolute Gasteiger partial charge is 0.453 e. The first-order chi connectivity index (χ1) is 12.8. The van der Waals surface area contributed by atoms with Gasteiger partial charge in [0.25, 0.3) is 5.91 Å². The number of hydrogen-bond acceptors (Lipinski definition) is 4. The molecule has 0 saturated heterocycles. The fourth-order valence-corrected chi connectivity index (χ4v) is 2.53. The van der Waals surface area contributed by atoms with Gasteiger partial charge in [0, 0.05) is 18.3 Å². The van der Waals surface area contributed by atoms with Gasteiger partial charge in [0.2, 0.25) is 5.91 Å². The Morgan fingerprint density at radius 3 is 2.00 bits per heavy atom. The maximum atomic E-state index is 12.2. The molecule has 2 aromatic carbocycles. The maximum Gasteiger partial charge on any atom is 0.307 e. The molecule has 0 unspecified atom stereocenters. The highest BCUT2D eigenvalue weighted by Crippen LogP contribution is 2.19. The van der Waals surface area contributed by atoms with Crippen molar-refractivity contribution in [2.75, 3.05) is 10.6 Å². The van der Waals surface area contributed by atoms with Gasteiger partial charge in [-0.05, 0) is 42.7 Å². The Balaban J connectivity index is 1.84. The van der Waals surface area contributed by atoms with Gasteiger partial charge in [0.1, 0.15) is 0 Å². The monoisotopic (exact) mass is 368 g/mol. The number of benzene rings is 2. The van der Waals surface area contributed by atoms with E-state index in [9.17, 15) is 14.4 Å². The summed E-state index contributed by atoms with van der Waals surface area (Å²) in [6.45, 7) is 4.90. The van der Waals surface area contributed by atoms with Crippen molar-refractivity contribution in [3.8, 4) is 0 Å². The zero-order chi connectivity index (χ0) is 19.8. The van der Waals surface area contributed by atoms with Crippen LogP contribution in [0.5, 0.6) is 0 Å². The van der Waals surface area contributed by atoms with Crippen LogP contribution in [0, 0.1) is 0 Å². The van der Waals surface area contributed by atoms with Crippen LogP contribution in [0.1, 0.15) is 38.7 Å². The van der Waals surface area contributed by atoms with E-state index in [1.165, 1.54) is 13.8 Å². The van der Waals surface area contributed by atoms with Crippen LogP contribution in [0.3, 0.4) is 0 Å². The van der Waals surface area contributed by atoms with Gasteiger partial charge in [-0.1, -0.05) is 37.3 Å². The Labute approximate surface area is 158 Å². The molecule has 2 aromatic rings. The van der Waals surface area contributed by atoms with Gasteiger partial charge in [-0.2, -0.15) is 0 Å². The van der Waals surface area contributed by atoms with Crippen LogP contribution < -0.4 is 10.6 Å². The molecule has 2 atom stereocenters. The van der Waals surface area contributed by atoms with Gasteiger partial charge in [-0.25, -0.2) is 0 Å². The third-order valence-corrected chi connectivity index (χ3v) is 3.99. The van der Waals surface area contributed by atoms with Crippen molar-refractivity contribution in [2.45, 2.75) is 39.2 Å². The van der Waals surface area contributed by atoms with Gasteiger partial charge < -0.3 is 15.4 Å². The second kappa shape index (κ2) is 9.52. The lowest BCUT2D eigenvalue weighted by Gasteiger charge is -2.16. The summed E-state index contributed by atoms with van der Waals surface area (Å²) in [5.74, 6) is -0.995. The van der Waals surface area contributed by atoms with E-state index >= 15 is 0 Å². The van der Waals surface area contributed by atoms with Gasteiger partial charge in [0.05, 0.1) is 6.42 Å². The number of nitrogens with one attached hydrogen (secondary N) is 2. The number of amides is 2. The van der Waals surface area contributed by atoms with Crippen LogP contribution in [0.4, 0.5) is 11.4 Å². The quantitative estimate of drug-likeness (QED) is 0.730. The van der Waals surface area contributed by atoms with E-state index in [1.807, 2.05) is 37.3 Å². The van der Waals surface area contributed by atoms with Crippen molar-refractivity contribution in [2.24, 2.45) is 0 Å². The van der Waals surface area contributed by atoms with Crippen molar-refractivity contribution in [3.05, 3.63) is 60.2 Å². The number of carbonyl (C=O) groups excluding carboxylic acids is 3. The molecule has 2 amide bonds. The number of ether oxygens (including phenoxy) is 1. The molecule has 0 aliphatic heterocycles. The Kier molecular flexibility index (Phi) is 7.11. The first kappa shape index (κ1) is 20.2. The zero-order valence-corrected chi connectivity index (χ0v) is 15.7. The summed E-state index contributed by atoms with van der Waals surface area (Å²) in [7, 11) is 0. The minimum Gasteiger partial charge on any atom is -0.453 e. The number of anilines is 2. The normalized spacial score (nSPS) is 12.6. The first-order valence-electron chi connectivity index (χ1n) is 8.78. The molecule has 0 aromatic heterocycles. The number of hydrogen-bond donors (Lipinski definition) is 2. The lowest BCUT2D eigenvalue weighted by molar-refractivity contribution is -0.153. The molecule has 0 fully saturated rings. The average molecular weight is 368 g/mol. The molecular weight excluding hydrogens is 344 g/mol. The van der Waals surface area contributed by atoms with Gasteiger partial charge in [-0.3, -0.25) is 14.4 Å². The van der Waals surface area contributed by atoms with Crippen LogP contribution >= 0.6 is 0 Å². The minimum absolute atomic E-state index is 0.00952. The molecule has 2 rings (SSSR count). The summed E-state index contributed by atoms with van der Waals surface area (Å²) >= 11 is 0. The van der Waals surface area contributed by atoms with Crippen LogP contribution in [-0.2, 0) is 19.1 Å². The first-order valence-corrected chi connectivity index (χ1v) is 8.78. The molecule has 2 N–H and O–H groups in total. The zero-order valence-electron chi connectivity index (χ0n) is 15.7. The second-order valence-electron chi connectivity index (χ2n) is 6.40. The fraction of sp³-hybridized carbons (Fsp3) is 0.286. The second-order valence-corrected chi connectivity index (χ2v) is 6.40. The maximum absolute atomic E-state index is 12.2. The third kappa shape index (κ3) is 6.58. The molecular formula is C21H24N2O4. The van der Waals surface area contributed by atoms with E-state index in [4.69, 9.17) is 4.74 Å². The molecule has 0 spiro atoms. The van der Waals surface area contributed by atoms with Crippen LogP contribution in [0.25, 0.3) is 0 Å². The highest BCUT2D eigenvalue weighted by molar-refractivity contribution is 5.95. The average Bonchev–Trinajstić information content (AvgIpc) is 2.63. The smallest absolute Gasteiger partial charge is 0.307 e. The summed E-state index contributed by atoms with van der Waals surface area (Å²) in [4.78, 5) is 35.3. The van der Waals surface area contributed by atoms with Gasteiger partial charge in [-0.15, -0.1) is 0 Å². The lowest BCUT2D eigenvalue weighted by atomic mass is 9.98. The van der Waals surface area contributed by atoms with Crippen molar-refractivity contribution < 1.29 is 19.1 Å². The van der Waals surface area contributed by atoms with E-state index in [0.29, 0.717) is 11.4 Å². The summed E-state index contributed by atoms with van der Waals surface area (Å²) in [6.07, 6.45) is -0.706. The van der Waals surface area contributed by atoms with Crippen molar-refractivity contribution in [3.63, 3.8) is 0 Å². The molecule has 0 radical (unpaired) electrons. The molecule has 0 aliphatic carbocycles. The highest BCUT2D eigenvalue weighted by Gasteiger charge is 2.20. The predicted octanol–water partition coefficient (Wildman–Crippen LogP) is 3.71. The Hall–Kier alpha value is -3.15. The van der Waals surface area contributed by atoms with Crippen molar-refractivity contribution >= 4 is 29.2 Å². The number of rotatable bonds is 7.